The molecule has 0 spiro atoms. The highest BCUT2D eigenvalue weighted by molar-refractivity contribution is 14.1. The largest absolute Gasteiger partial charge is 0.481 e. The minimum atomic E-state index is -1.10. The van der Waals surface area contributed by atoms with Gasteiger partial charge < -0.3 is 10.4 Å². The second-order valence-electron chi connectivity index (χ2n) is 3.52. The molecule has 8 heteroatoms. The number of carbonyl (C=O) groups excluding carboxylic acids is 2. The number of nitrogens with one attached hydrogen (secondary N) is 2. The van der Waals surface area contributed by atoms with Crippen LogP contribution in [0.15, 0.2) is 18.2 Å². The van der Waals surface area contributed by atoms with E-state index in [0.29, 0.717) is 10.7 Å². The number of urea groups is 1. The van der Waals surface area contributed by atoms with Gasteiger partial charge in [0.05, 0.1) is 17.1 Å². The summed E-state index contributed by atoms with van der Waals surface area (Å²) in [7, 11) is 0. The number of hydrogen-bond donors (Lipinski definition) is 3. The number of hydrogen-bond acceptors (Lipinski definition) is 3. The van der Waals surface area contributed by atoms with Gasteiger partial charge in [-0.2, -0.15) is 0 Å². The van der Waals surface area contributed by atoms with Crippen molar-refractivity contribution in [3.05, 3.63) is 26.8 Å². The molecule has 3 N–H and O–H groups in total. The maximum atomic E-state index is 11.5. The van der Waals surface area contributed by atoms with Crippen LogP contribution in [0.2, 0.25) is 5.02 Å². The minimum Gasteiger partial charge on any atom is -0.481 e. The number of aliphatic carboxylic acids is 1. The van der Waals surface area contributed by atoms with Crippen molar-refractivity contribution in [2.24, 2.45) is 0 Å². The molecule has 0 aliphatic heterocycles. The van der Waals surface area contributed by atoms with Crippen molar-refractivity contribution in [2.75, 3.05) is 5.32 Å². The third-order valence-electron chi connectivity index (χ3n) is 2.00. The standard InChI is InChI=1S/C11H10ClIN2O4/c12-7-5-6(13)1-2-8(7)14-11(19)15-9(16)3-4-10(17)18/h1-2,5H,3-4H2,(H,17,18)(H2,14,15,16,19). The normalized spacial score (nSPS) is 9.79. The van der Waals surface area contributed by atoms with Gasteiger partial charge in [-0.25, -0.2) is 4.79 Å². The number of halogens is 2. The van der Waals surface area contributed by atoms with Crippen molar-refractivity contribution in [3.63, 3.8) is 0 Å². The summed E-state index contributed by atoms with van der Waals surface area (Å²) in [5, 5.41) is 13.2. The van der Waals surface area contributed by atoms with E-state index in [4.69, 9.17) is 16.7 Å². The Hall–Kier alpha value is -1.35. The number of carbonyl (C=O) groups is 3. The lowest BCUT2D eigenvalue weighted by molar-refractivity contribution is -0.138. The molecule has 0 radical (unpaired) electrons. The number of carboxylic acid groups (broad SMARTS) is 1. The van der Waals surface area contributed by atoms with Gasteiger partial charge in [0.15, 0.2) is 0 Å². The van der Waals surface area contributed by atoms with Crippen LogP contribution in [0.25, 0.3) is 0 Å². The molecule has 19 heavy (non-hydrogen) atoms. The van der Waals surface area contributed by atoms with E-state index in [9.17, 15) is 14.4 Å². The van der Waals surface area contributed by atoms with Crippen LogP contribution in [0.1, 0.15) is 12.8 Å². The van der Waals surface area contributed by atoms with E-state index in [1.807, 2.05) is 5.32 Å². The molecule has 0 unspecified atom stereocenters. The van der Waals surface area contributed by atoms with Crippen LogP contribution < -0.4 is 10.6 Å². The van der Waals surface area contributed by atoms with E-state index in [1.54, 1.807) is 18.2 Å². The number of benzene rings is 1. The number of imide groups is 1. The van der Waals surface area contributed by atoms with E-state index in [-0.39, 0.29) is 12.8 Å². The first-order chi connectivity index (χ1) is 8.88. The summed E-state index contributed by atoms with van der Waals surface area (Å²) in [6.07, 6.45) is -0.591. The molecule has 0 atom stereocenters. The van der Waals surface area contributed by atoms with Crippen molar-refractivity contribution in [1.29, 1.82) is 0 Å². The van der Waals surface area contributed by atoms with Crippen LogP contribution in [0.5, 0.6) is 0 Å². The Labute approximate surface area is 127 Å². The first-order valence-electron chi connectivity index (χ1n) is 5.16. The van der Waals surface area contributed by atoms with Crippen LogP contribution in [0, 0.1) is 3.57 Å². The average Bonchev–Trinajstić information content (AvgIpc) is 2.30. The monoisotopic (exact) mass is 396 g/mol. The van der Waals surface area contributed by atoms with Gasteiger partial charge in [-0.05, 0) is 40.8 Å². The third-order valence-corrected chi connectivity index (χ3v) is 2.98. The Morgan fingerprint density at radius 1 is 1.26 bits per heavy atom. The van der Waals surface area contributed by atoms with E-state index < -0.39 is 17.9 Å². The fraction of sp³-hybridized carbons (Fsp3) is 0.182. The van der Waals surface area contributed by atoms with Gasteiger partial charge in [-0.1, -0.05) is 11.6 Å². The Balaban J connectivity index is 2.51. The number of amides is 3. The van der Waals surface area contributed by atoms with Crippen LogP contribution in [-0.4, -0.2) is 23.0 Å². The lowest BCUT2D eigenvalue weighted by Gasteiger charge is -2.08. The number of carboxylic acids is 1. The summed E-state index contributed by atoms with van der Waals surface area (Å²) in [4.78, 5) is 32.9. The Kier molecular flexibility index (Phi) is 6.03. The van der Waals surface area contributed by atoms with Gasteiger partial charge in [-0.3, -0.25) is 14.9 Å². The molecule has 0 aliphatic carbocycles. The molecule has 0 aliphatic rings. The molecule has 1 rings (SSSR count). The topological polar surface area (TPSA) is 95.5 Å². The second-order valence-corrected chi connectivity index (χ2v) is 5.17. The molecule has 102 valence electrons. The highest BCUT2D eigenvalue weighted by Crippen LogP contribution is 2.23. The summed E-state index contributed by atoms with van der Waals surface area (Å²) >= 11 is 7.97. The number of rotatable bonds is 4. The zero-order valence-electron chi connectivity index (χ0n) is 9.57. The molecule has 0 saturated heterocycles. The third kappa shape index (κ3) is 5.88. The molecule has 0 aromatic heterocycles. The Bertz CT molecular complexity index is 521. The van der Waals surface area contributed by atoms with Gasteiger partial charge in [0.1, 0.15) is 0 Å². The average molecular weight is 397 g/mol. The lowest BCUT2D eigenvalue weighted by atomic mass is 10.3. The molecule has 1 aromatic carbocycles. The van der Waals surface area contributed by atoms with E-state index in [2.05, 4.69) is 27.9 Å². The zero-order chi connectivity index (χ0) is 14.4. The number of anilines is 1. The molecular weight excluding hydrogens is 386 g/mol. The molecule has 0 bridgehead atoms. The van der Waals surface area contributed by atoms with Gasteiger partial charge in [-0.15, -0.1) is 0 Å². The summed E-state index contributed by atoms with van der Waals surface area (Å²) in [6, 6.07) is 4.25. The second kappa shape index (κ2) is 7.29. The van der Waals surface area contributed by atoms with Crippen LogP contribution in [0.3, 0.4) is 0 Å². The maximum Gasteiger partial charge on any atom is 0.325 e. The lowest BCUT2D eigenvalue weighted by Crippen LogP contribution is -2.34. The van der Waals surface area contributed by atoms with Crippen molar-refractivity contribution in [3.8, 4) is 0 Å². The van der Waals surface area contributed by atoms with Crippen LogP contribution in [-0.2, 0) is 9.59 Å². The predicted octanol–water partition coefficient (Wildman–Crippen LogP) is 2.46. The van der Waals surface area contributed by atoms with Crippen LogP contribution in [0.4, 0.5) is 10.5 Å². The van der Waals surface area contributed by atoms with Gasteiger partial charge in [0.2, 0.25) is 5.91 Å². The van der Waals surface area contributed by atoms with E-state index in [1.165, 1.54) is 0 Å². The highest BCUT2D eigenvalue weighted by Gasteiger charge is 2.11. The van der Waals surface area contributed by atoms with Crippen molar-refractivity contribution in [2.45, 2.75) is 12.8 Å². The first kappa shape index (κ1) is 15.7. The Morgan fingerprint density at radius 3 is 2.53 bits per heavy atom. The fourth-order valence-electron chi connectivity index (χ4n) is 1.15. The molecular formula is C11H10ClIN2O4. The fourth-order valence-corrected chi connectivity index (χ4v) is 2.06. The van der Waals surface area contributed by atoms with E-state index in [0.717, 1.165) is 3.57 Å². The molecule has 0 fully saturated rings. The van der Waals surface area contributed by atoms with Crippen molar-refractivity contribution < 1.29 is 19.5 Å². The van der Waals surface area contributed by atoms with Crippen LogP contribution >= 0.6 is 34.2 Å². The molecule has 3 amide bonds. The van der Waals surface area contributed by atoms with Gasteiger partial charge in [0.25, 0.3) is 0 Å². The minimum absolute atomic E-state index is 0.261. The zero-order valence-corrected chi connectivity index (χ0v) is 12.5. The van der Waals surface area contributed by atoms with Crippen molar-refractivity contribution >= 4 is 57.8 Å². The molecule has 0 saturated carbocycles. The molecule has 0 heterocycles. The first-order valence-corrected chi connectivity index (χ1v) is 6.62. The Morgan fingerprint density at radius 2 is 1.95 bits per heavy atom. The highest BCUT2D eigenvalue weighted by atomic mass is 127. The van der Waals surface area contributed by atoms with Gasteiger partial charge >= 0.3 is 12.0 Å². The quantitative estimate of drug-likeness (QED) is 0.681. The summed E-state index contributed by atoms with van der Waals surface area (Å²) in [5.74, 6) is -1.77. The molecule has 6 nitrogen and oxygen atoms in total. The van der Waals surface area contributed by atoms with Crippen molar-refractivity contribution in [1.82, 2.24) is 5.32 Å². The SMILES string of the molecule is O=C(O)CCC(=O)NC(=O)Nc1ccc(I)cc1Cl. The molecule has 1 aromatic rings. The maximum absolute atomic E-state index is 11.5. The predicted molar refractivity (Wildman–Crippen MR) is 78.2 cm³/mol. The van der Waals surface area contributed by atoms with E-state index >= 15 is 0 Å². The smallest absolute Gasteiger partial charge is 0.325 e. The van der Waals surface area contributed by atoms with Gasteiger partial charge in [0, 0.05) is 9.99 Å². The summed E-state index contributed by atoms with van der Waals surface area (Å²) in [5.41, 5.74) is 0.366. The summed E-state index contributed by atoms with van der Waals surface area (Å²) < 4.78 is 0.908. The summed E-state index contributed by atoms with van der Waals surface area (Å²) in [6.45, 7) is 0.